The van der Waals surface area contributed by atoms with Crippen molar-refractivity contribution in [2.45, 2.75) is 51.6 Å². The zero-order valence-corrected chi connectivity index (χ0v) is 18.9. The second kappa shape index (κ2) is 10.1. The molecule has 1 atom stereocenters. The molecule has 0 saturated carbocycles. The van der Waals surface area contributed by atoms with Crippen molar-refractivity contribution in [3.05, 3.63) is 54.4 Å². The SMILES string of the molecule is CC[C@@H](C)N(CC(=O)N(Cc1cccn1C)CC(C)C)S(=O)(=O)c1ccccc1. The number of amides is 1. The molecule has 0 radical (unpaired) electrons. The van der Waals surface area contributed by atoms with Crippen molar-refractivity contribution in [3.8, 4) is 0 Å². The molecular formula is C22H33N3O3S. The van der Waals surface area contributed by atoms with E-state index in [9.17, 15) is 13.2 Å². The quantitative estimate of drug-likeness (QED) is 0.592. The van der Waals surface area contributed by atoms with Crippen LogP contribution in [0.25, 0.3) is 0 Å². The molecule has 0 fully saturated rings. The molecule has 0 spiro atoms. The van der Waals surface area contributed by atoms with Crippen LogP contribution in [0.5, 0.6) is 0 Å². The molecule has 7 heteroatoms. The highest BCUT2D eigenvalue weighted by Crippen LogP contribution is 2.20. The number of aromatic nitrogens is 1. The summed E-state index contributed by atoms with van der Waals surface area (Å²) in [5.74, 6) is 0.0988. The first-order chi connectivity index (χ1) is 13.7. The maximum atomic E-state index is 13.2. The van der Waals surface area contributed by atoms with Gasteiger partial charge in [0.1, 0.15) is 0 Å². The standard InChI is InChI=1S/C22H33N3O3S/c1-6-19(4)25(29(27,28)21-12-8-7-9-13-21)17-22(26)24(15-18(2)3)16-20-11-10-14-23(20)5/h7-14,18-19H,6,15-17H2,1-5H3/t19-/m1/s1. The topological polar surface area (TPSA) is 62.6 Å². The van der Waals surface area contributed by atoms with E-state index in [0.717, 1.165) is 5.69 Å². The van der Waals surface area contributed by atoms with Crippen molar-refractivity contribution in [2.75, 3.05) is 13.1 Å². The first kappa shape index (κ1) is 23.2. The minimum Gasteiger partial charge on any atom is -0.353 e. The molecule has 0 bridgehead atoms. The molecule has 2 aromatic rings. The van der Waals surface area contributed by atoms with Gasteiger partial charge in [0, 0.05) is 31.5 Å². The highest BCUT2D eigenvalue weighted by atomic mass is 32.2. The molecule has 0 aliphatic carbocycles. The van der Waals surface area contributed by atoms with E-state index >= 15 is 0 Å². The number of carbonyl (C=O) groups is 1. The summed E-state index contributed by atoms with van der Waals surface area (Å²) >= 11 is 0. The van der Waals surface area contributed by atoms with Crippen molar-refractivity contribution < 1.29 is 13.2 Å². The lowest BCUT2D eigenvalue weighted by atomic mass is 10.2. The summed E-state index contributed by atoms with van der Waals surface area (Å²) in [5, 5.41) is 0. The average molecular weight is 420 g/mol. The van der Waals surface area contributed by atoms with Gasteiger partial charge in [0.15, 0.2) is 0 Å². The fourth-order valence-corrected chi connectivity index (χ4v) is 4.87. The molecule has 29 heavy (non-hydrogen) atoms. The molecule has 160 valence electrons. The predicted molar refractivity (Wildman–Crippen MR) is 116 cm³/mol. The molecule has 0 aliphatic rings. The van der Waals surface area contributed by atoms with E-state index in [1.54, 1.807) is 35.2 Å². The Bertz CT molecular complexity index is 891. The lowest BCUT2D eigenvalue weighted by molar-refractivity contribution is -0.133. The van der Waals surface area contributed by atoms with Gasteiger partial charge in [-0.3, -0.25) is 4.79 Å². The molecule has 0 unspecified atom stereocenters. The highest BCUT2D eigenvalue weighted by Gasteiger charge is 2.32. The zero-order chi connectivity index (χ0) is 21.6. The Morgan fingerprint density at radius 2 is 1.72 bits per heavy atom. The van der Waals surface area contributed by atoms with E-state index in [1.165, 1.54) is 4.31 Å². The summed E-state index contributed by atoms with van der Waals surface area (Å²) in [6, 6.07) is 12.0. The Morgan fingerprint density at radius 1 is 1.07 bits per heavy atom. The van der Waals surface area contributed by atoms with Gasteiger partial charge in [0.25, 0.3) is 0 Å². The number of hydrogen-bond acceptors (Lipinski definition) is 3. The molecule has 0 saturated heterocycles. The van der Waals surface area contributed by atoms with E-state index in [-0.39, 0.29) is 29.3 Å². The summed E-state index contributed by atoms with van der Waals surface area (Å²) in [5.41, 5.74) is 1.01. The normalized spacial score (nSPS) is 13.1. The van der Waals surface area contributed by atoms with Crippen LogP contribution in [0.3, 0.4) is 0 Å². The number of rotatable bonds is 10. The first-order valence-corrected chi connectivity index (χ1v) is 11.6. The largest absolute Gasteiger partial charge is 0.353 e. The Balaban J connectivity index is 2.30. The van der Waals surface area contributed by atoms with Crippen LogP contribution in [0.4, 0.5) is 0 Å². The third-order valence-electron chi connectivity index (χ3n) is 5.07. The molecular weight excluding hydrogens is 386 g/mol. The first-order valence-electron chi connectivity index (χ1n) is 10.1. The predicted octanol–water partition coefficient (Wildman–Crippen LogP) is 3.50. The molecule has 1 heterocycles. The van der Waals surface area contributed by atoms with Crippen LogP contribution < -0.4 is 0 Å². The van der Waals surface area contributed by atoms with Crippen molar-refractivity contribution in [2.24, 2.45) is 13.0 Å². The van der Waals surface area contributed by atoms with Gasteiger partial charge in [-0.15, -0.1) is 0 Å². The molecule has 0 N–H and O–H groups in total. The van der Waals surface area contributed by atoms with E-state index in [2.05, 4.69) is 13.8 Å². The van der Waals surface area contributed by atoms with Gasteiger partial charge >= 0.3 is 0 Å². The number of carbonyl (C=O) groups excluding carboxylic acids is 1. The summed E-state index contributed by atoms with van der Waals surface area (Å²) in [6.07, 6.45) is 2.57. The average Bonchev–Trinajstić information content (AvgIpc) is 3.09. The van der Waals surface area contributed by atoms with Gasteiger partial charge in [-0.1, -0.05) is 39.0 Å². The Hall–Kier alpha value is -2.12. The maximum absolute atomic E-state index is 13.2. The van der Waals surface area contributed by atoms with Crippen molar-refractivity contribution in [1.29, 1.82) is 0 Å². The van der Waals surface area contributed by atoms with Gasteiger partial charge in [0.05, 0.1) is 18.0 Å². The number of aryl methyl sites for hydroxylation is 1. The highest BCUT2D eigenvalue weighted by molar-refractivity contribution is 7.89. The van der Waals surface area contributed by atoms with Gasteiger partial charge in [-0.05, 0) is 43.5 Å². The molecule has 2 rings (SSSR count). The lowest BCUT2D eigenvalue weighted by Crippen LogP contribution is -2.47. The van der Waals surface area contributed by atoms with Gasteiger partial charge in [-0.2, -0.15) is 4.31 Å². The van der Waals surface area contributed by atoms with Crippen LogP contribution in [-0.2, 0) is 28.4 Å². The monoisotopic (exact) mass is 419 g/mol. The smallest absolute Gasteiger partial charge is 0.243 e. The van der Waals surface area contributed by atoms with Gasteiger partial charge in [-0.25, -0.2) is 8.42 Å². The molecule has 1 aromatic heterocycles. The van der Waals surface area contributed by atoms with Crippen LogP contribution in [0.1, 0.15) is 39.8 Å². The second-order valence-corrected chi connectivity index (χ2v) is 9.79. The van der Waals surface area contributed by atoms with Crippen LogP contribution in [0.15, 0.2) is 53.6 Å². The number of nitrogens with zero attached hydrogens (tertiary/aromatic N) is 3. The van der Waals surface area contributed by atoms with E-state index in [1.807, 2.05) is 43.8 Å². The van der Waals surface area contributed by atoms with E-state index in [4.69, 9.17) is 0 Å². The van der Waals surface area contributed by atoms with E-state index in [0.29, 0.717) is 19.5 Å². The number of benzene rings is 1. The van der Waals surface area contributed by atoms with Crippen molar-refractivity contribution >= 4 is 15.9 Å². The fourth-order valence-electron chi connectivity index (χ4n) is 3.19. The van der Waals surface area contributed by atoms with Crippen LogP contribution in [-0.4, -0.2) is 47.2 Å². The molecule has 1 aromatic carbocycles. The van der Waals surface area contributed by atoms with Crippen LogP contribution in [0.2, 0.25) is 0 Å². The van der Waals surface area contributed by atoms with Gasteiger partial charge < -0.3 is 9.47 Å². The molecule has 1 amide bonds. The van der Waals surface area contributed by atoms with Crippen LogP contribution >= 0.6 is 0 Å². The van der Waals surface area contributed by atoms with Crippen LogP contribution in [0, 0.1) is 5.92 Å². The van der Waals surface area contributed by atoms with Crippen molar-refractivity contribution in [1.82, 2.24) is 13.8 Å². The zero-order valence-electron chi connectivity index (χ0n) is 18.1. The minimum atomic E-state index is -3.76. The van der Waals surface area contributed by atoms with Gasteiger partial charge in [0.2, 0.25) is 15.9 Å². The molecule has 6 nitrogen and oxygen atoms in total. The Kier molecular flexibility index (Phi) is 8.05. The lowest BCUT2D eigenvalue weighted by Gasteiger charge is -2.31. The summed E-state index contributed by atoms with van der Waals surface area (Å²) in [7, 11) is -1.82. The number of hydrogen-bond donors (Lipinski definition) is 0. The summed E-state index contributed by atoms with van der Waals surface area (Å²) in [6.45, 7) is 8.75. The third kappa shape index (κ3) is 5.93. The summed E-state index contributed by atoms with van der Waals surface area (Å²) in [4.78, 5) is 15.2. The van der Waals surface area contributed by atoms with E-state index < -0.39 is 10.0 Å². The third-order valence-corrected chi connectivity index (χ3v) is 7.04. The Morgan fingerprint density at radius 3 is 2.24 bits per heavy atom. The molecule has 0 aliphatic heterocycles. The second-order valence-electron chi connectivity index (χ2n) is 7.90. The minimum absolute atomic E-state index is 0.163. The van der Waals surface area contributed by atoms with Crippen molar-refractivity contribution in [3.63, 3.8) is 0 Å². The number of sulfonamides is 1. The Labute approximate surface area is 175 Å². The maximum Gasteiger partial charge on any atom is 0.243 e. The fraction of sp³-hybridized carbons (Fsp3) is 0.500. The summed E-state index contributed by atoms with van der Waals surface area (Å²) < 4.78 is 29.8.